The smallest absolute Gasteiger partial charge is 0.344 e. The molecule has 27 heavy (non-hydrogen) atoms. The van der Waals surface area contributed by atoms with Gasteiger partial charge >= 0.3 is 5.97 Å². The Morgan fingerprint density at radius 3 is 2.70 bits per heavy atom. The van der Waals surface area contributed by atoms with Gasteiger partial charge in [-0.2, -0.15) is 0 Å². The standard InChI is InChI=1S/C18H18F2N2O4S/c1-3-26-18(24)12-16(23)10-8-11(19)15(21-4-6-25-7-5-21)13(20)14(10)22-9(2)27-17(12)22/h8-9H,3-7H2,1-2H3. The zero-order valence-corrected chi connectivity index (χ0v) is 15.7. The molecule has 0 amide bonds. The number of benzene rings is 1. The van der Waals surface area contributed by atoms with Crippen LogP contribution in [0.3, 0.4) is 0 Å². The first-order valence-corrected chi connectivity index (χ1v) is 9.60. The third-order valence-electron chi connectivity index (χ3n) is 4.77. The summed E-state index contributed by atoms with van der Waals surface area (Å²) in [4.78, 5) is 26.7. The number of morpholine rings is 1. The van der Waals surface area contributed by atoms with Crippen LogP contribution >= 0.6 is 11.8 Å². The van der Waals surface area contributed by atoms with Crippen molar-refractivity contribution in [1.29, 1.82) is 0 Å². The van der Waals surface area contributed by atoms with Crippen molar-refractivity contribution in [2.24, 2.45) is 0 Å². The van der Waals surface area contributed by atoms with E-state index in [1.54, 1.807) is 16.4 Å². The molecule has 1 unspecified atom stereocenters. The van der Waals surface area contributed by atoms with Crippen molar-refractivity contribution < 1.29 is 23.0 Å². The summed E-state index contributed by atoms with van der Waals surface area (Å²) in [5.74, 6) is -2.38. The second-order valence-corrected chi connectivity index (χ2v) is 7.64. The van der Waals surface area contributed by atoms with Crippen LogP contribution in [0.25, 0.3) is 10.9 Å². The van der Waals surface area contributed by atoms with Gasteiger partial charge in [0.15, 0.2) is 5.82 Å². The van der Waals surface area contributed by atoms with Crippen LogP contribution in [0.1, 0.15) is 29.6 Å². The fourth-order valence-corrected chi connectivity index (χ4v) is 4.68. The van der Waals surface area contributed by atoms with Crippen molar-refractivity contribution >= 4 is 34.3 Å². The van der Waals surface area contributed by atoms with E-state index in [2.05, 4.69) is 0 Å². The highest BCUT2D eigenvalue weighted by atomic mass is 32.2. The summed E-state index contributed by atoms with van der Waals surface area (Å²) >= 11 is 1.29. The van der Waals surface area contributed by atoms with Crippen LogP contribution in [0, 0.1) is 11.6 Å². The van der Waals surface area contributed by atoms with Crippen LogP contribution in [-0.4, -0.2) is 43.4 Å². The number of esters is 1. The lowest BCUT2D eigenvalue weighted by atomic mass is 10.1. The van der Waals surface area contributed by atoms with Crippen molar-refractivity contribution in [2.75, 3.05) is 37.8 Å². The molecule has 0 radical (unpaired) electrons. The molecular formula is C18H18F2N2O4S. The van der Waals surface area contributed by atoms with Crippen LogP contribution in [0.5, 0.6) is 0 Å². The third-order valence-corrected chi connectivity index (χ3v) is 5.94. The minimum atomic E-state index is -0.825. The Hall–Kier alpha value is -2.13. The molecule has 0 saturated carbocycles. The van der Waals surface area contributed by atoms with Crippen LogP contribution in [0.2, 0.25) is 0 Å². The summed E-state index contributed by atoms with van der Waals surface area (Å²) < 4.78 is 42.0. The zero-order chi connectivity index (χ0) is 19.3. The number of fused-ring (bicyclic) bond motifs is 3. The van der Waals surface area contributed by atoms with Gasteiger partial charge in [-0.15, -0.1) is 0 Å². The Morgan fingerprint density at radius 1 is 1.37 bits per heavy atom. The van der Waals surface area contributed by atoms with E-state index in [1.165, 1.54) is 11.8 Å². The summed E-state index contributed by atoms with van der Waals surface area (Å²) in [6.07, 6.45) is 0. The summed E-state index contributed by atoms with van der Waals surface area (Å²) in [6, 6.07) is 1.03. The number of carbonyl (C=O) groups is 1. The van der Waals surface area contributed by atoms with E-state index in [0.29, 0.717) is 31.3 Å². The minimum absolute atomic E-state index is 0.0252. The van der Waals surface area contributed by atoms with Gasteiger partial charge in [-0.05, 0) is 19.9 Å². The summed E-state index contributed by atoms with van der Waals surface area (Å²) in [5, 5.41) is 0.0200. The van der Waals surface area contributed by atoms with Crippen molar-refractivity contribution in [3.63, 3.8) is 0 Å². The van der Waals surface area contributed by atoms with Gasteiger partial charge in [-0.3, -0.25) is 4.79 Å². The summed E-state index contributed by atoms with van der Waals surface area (Å²) in [6.45, 7) is 5.05. The van der Waals surface area contributed by atoms with Crippen molar-refractivity contribution in [3.05, 3.63) is 33.5 Å². The monoisotopic (exact) mass is 396 g/mol. The molecule has 2 aromatic rings. The highest BCUT2D eigenvalue weighted by Gasteiger charge is 2.36. The fourth-order valence-electron chi connectivity index (χ4n) is 3.55. The van der Waals surface area contributed by atoms with E-state index in [0.717, 1.165) is 6.07 Å². The number of hydrogen-bond acceptors (Lipinski definition) is 6. The predicted octanol–water partition coefficient (Wildman–Crippen LogP) is 2.92. The van der Waals surface area contributed by atoms with Crippen molar-refractivity contribution in [1.82, 2.24) is 4.57 Å². The number of nitrogens with zero attached hydrogens (tertiary/aromatic N) is 2. The molecule has 1 saturated heterocycles. The number of rotatable bonds is 3. The lowest BCUT2D eigenvalue weighted by Gasteiger charge is -2.34. The first-order chi connectivity index (χ1) is 13.0. The van der Waals surface area contributed by atoms with E-state index in [-0.39, 0.29) is 34.1 Å². The van der Waals surface area contributed by atoms with Crippen LogP contribution < -0.4 is 10.3 Å². The van der Waals surface area contributed by atoms with Gasteiger partial charge < -0.3 is 18.9 Å². The van der Waals surface area contributed by atoms with Crippen LogP contribution in [0.15, 0.2) is 15.9 Å². The molecule has 0 N–H and O–H groups in total. The highest BCUT2D eigenvalue weighted by molar-refractivity contribution is 8.00. The number of anilines is 1. The molecule has 1 aromatic heterocycles. The Bertz CT molecular complexity index is 1000. The van der Waals surface area contributed by atoms with Gasteiger partial charge in [0, 0.05) is 13.1 Å². The molecule has 4 rings (SSSR count). The molecule has 2 aliphatic heterocycles. The maximum atomic E-state index is 15.4. The van der Waals surface area contributed by atoms with E-state index >= 15 is 4.39 Å². The van der Waals surface area contributed by atoms with E-state index in [9.17, 15) is 14.0 Å². The second kappa shape index (κ2) is 6.79. The Morgan fingerprint density at radius 2 is 2.07 bits per heavy atom. The van der Waals surface area contributed by atoms with Gasteiger partial charge in [0.05, 0.1) is 41.1 Å². The second-order valence-electron chi connectivity index (χ2n) is 6.33. The molecule has 2 aliphatic rings. The van der Waals surface area contributed by atoms with Crippen molar-refractivity contribution in [2.45, 2.75) is 24.2 Å². The van der Waals surface area contributed by atoms with Crippen LogP contribution in [-0.2, 0) is 9.47 Å². The maximum Gasteiger partial charge on any atom is 0.344 e. The Kier molecular flexibility index (Phi) is 4.59. The molecule has 1 atom stereocenters. The number of carbonyl (C=O) groups excluding carboxylic acids is 1. The average molecular weight is 396 g/mol. The lowest BCUT2D eigenvalue weighted by molar-refractivity contribution is 0.0518. The molecule has 1 fully saturated rings. The largest absolute Gasteiger partial charge is 0.462 e. The zero-order valence-electron chi connectivity index (χ0n) is 14.9. The first-order valence-electron chi connectivity index (χ1n) is 8.72. The Balaban J connectivity index is 2.00. The summed E-state index contributed by atoms with van der Waals surface area (Å²) in [7, 11) is 0. The normalized spacial score (nSPS) is 19.0. The molecule has 6 nitrogen and oxygen atoms in total. The predicted molar refractivity (Wildman–Crippen MR) is 97.7 cm³/mol. The van der Waals surface area contributed by atoms with Gasteiger partial charge in [0.25, 0.3) is 0 Å². The molecular weight excluding hydrogens is 378 g/mol. The average Bonchev–Trinajstić information content (AvgIpc) is 2.63. The van der Waals surface area contributed by atoms with Gasteiger partial charge in [-0.1, -0.05) is 11.8 Å². The third kappa shape index (κ3) is 2.71. The lowest BCUT2D eigenvalue weighted by Crippen LogP contribution is -2.38. The van der Waals surface area contributed by atoms with Gasteiger partial charge in [0.2, 0.25) is 5.43 Å². The number of pyridine rings is 1. The van der Waals surface area contributed by atoms with E-state index in [1.807, 2.05) is 6.92 Å². The first kappa shape index (κ1) is 18.2. The number of halogens is 2. The molecule has 144 valence electrons. The number of aromatic nitrogens is 1. The van der Waals surface area contributed by atoms with Crippen LogP contribution in [0.4, 0.5) is 14.5 Å². The Labute approximate surface area is 158 Å². The molecule has 0 bridgehead atoms. The SMILES string of the molecule is CCOC(=O)c1c2n(c3c(F)c(N4CCOCC4)c(F)cc3c1=O)C(C)S2. The van der Waals surface area contributed by atoms with E-state index < -0.39 is 23.0 Å². The fraction of sp³-hybridized carbons (Fsp3) is 0.444. The molecule has 3 heterocycles. The quantitative estimate of drug-likeness (QED) is 0.744. The molecule has 0 aliphatic carbocycles. The molecule has 9 heteroatoms. The van der Waals surface area contributed by atoms with Gasteiger partial charge in [-0.25, -0.2) is 13.6 Å². The van der Waals surface area contributed by atoms with Crippen molar-refractivity contribution in [3.8, 4) is 0 Å². The molecule has 1 aromatic carbocycles. The molecule has 0 spiro atoms. The maximum absolute atomic E-state index is 15.4. The number of thioether (sulfide) groups is 1. The number of hydrogen-bond donors (Lipinski definition) is 0. The topological polar surface area (TPSA) is 60.8 Å². The van der Waals surface area contributed by atoms with E-state index in [4.69, 9.17) is 9.47 Å². The minimum Gasteiger partial charge on any atom is -0.462 e. The highest BCUT2D eigenvalue weighted by Crippen LogP contribution is 2.47. The van der Waals surface area contributed by atoms with Gasteiger partial charge in [0.1, 0.15) is 17.1 Å². The number of ether oxygens (including phenoxy) is 2. The summed E-state index contributed by atoms with van der Waals surface area (Å²) in [5.41, 5.74) is -1.00.